The van der Waals surface area contributed by atoms with Crippen molar-refractivity contribution >= 4 is 27.5 Å². The number of carbonyl (C=O) groups is 1. The van der Waals surface area contributed by atoms with Crippen LogP contribution in [0.25, 0.3) is 0 Å². The molecule has 0 aliphatic heterocycles. The Labute approximate surface area is 119 Å². The van der Waals surface area contributed by atoms with E-state index in [-0.39, 0.29) is 11.7 Å². The molecule has 2 rings (SSSR count). The summed E-state index contributed by atoms with van der Waals surface area (Å²) in [4.78, 5) is 12.1. The van der Waals surface area contributed by atoms with Crippen molar-refractivity contribution in [3.63, 3.8) is 0 Å². The molecule has 0 unspecified atom stereocenters. The molecular weight excluding hydrogens is 310 g/mol. The number of halogens is 1. The van der Waals surface area contributed by atoms with Gasteiger partial charge in [0.05, 0.1) is 15.9 Å². The Balaban J connectivity index is 2.22. The molecule has 0 radical (unpaired) electrons. The summed E-state index contributed by atoms with van der Waals surface area (Å²) < 4.78 is 2.22. The highest BCUT2D eigenvalue weighted by atomic mass is 79.9. The molecule has 19 heavy (non-hydrogen) atoms. The number of aryl methyl sites for hydroxylation is 2. The Morgan fingerprint density at radius 3 is 2.89 bits per heavy atom. The number of anilines is 1. The maximum atomic E-state index is 12.1. The van der Waals surface area contributed by atoms with E-state index in [1.807, 2.05) is 6.92 Å². The number of aromatic hydroxyl groups is 1. The topological polar surface area (TPSA) is 67.2 Å². The van der Waals surface area contributed by atoms with Crippen molar-refractivity contribution in [2.24, 2.45) is 7.05 Å². The molecule has 0 saturated heterocycles. The molecule has 5 nitrogen and oxygen atoms in total. The Hall–Kier alpha value is -1.82. The number of hydrogen-bond donors (Lipinski definition) is 2. The second-order valence-electron chi connectivity index (χ2n) is 4.14. The van der Waals surface area contributed by atoms with E-state index in [4.69, 9.17) is 0 Å². The third-order valence-corrected chi connectivity index (χ3v) is 3.37. The Kier molecular flexibility index (Phi) is 3.90. The predicted molar refractivity (Wildman–Crippen MR) is 76.3 cm³/mol. The fourth-order valence-corrected chi connectivity index (χ4v) is 2.00. The van der Waals surface area contributed by atoms with Crippen LogP contribution < -0.4 is 5.32 Å². The molecule has 1 heterocycles. The molecule has 0 saturated carbocycles. The highest BCUT2D eigenvalue weighted by Gasteiger charge is 2.12. The summed E-state index contributed by atoms with van der Waals surface area (Å²) in [6.07, 6.45) is 2.50. The van der Waals surface area contributed by atoms with Gasteiger partial charge < -0.3 is 10.4 Å². The Morgan fingerprint density at radius 1 is 1.53 bits per heavy atom. The van der Waals surface area contributed by atoms with E-state index in [0.717, 1.165) is 12.1 Å². The first-order valence-corrected chi connectivity index (χ1v) is 6.63. The lowest BCUT2D eigenvalue weighted by Crippen LogP contribution is -2.12. The van der Waals surface area contributed by atoms with Crippen LogP contribution in [0.15, 0.2) is 28.9 Å². The molecule has 100 valence electrons. The number of aromatic nitrogens is 2. The van der Waals surface area contributed by atoms with Gasteiger partial charge in [0.25, 0.3) is 5.91 Å². The molecule has 1 amide bonds. The van der Waals surface area contributed by atoms with E-state index in [1.54, 1.807) is 30.1 Å². The van der Waals surface area contributed by atoms with E-state index < -0.39 is 0 Å². The van der Waals surface area contributed by atoms with E-state index in [9.17, 15) is 9.90 Å². The largest absolute Gasteiger partial charge is 0.507 e. The van der Waals surface area contributed by atoms with E-state index in [1.165, 1.54) is 6.07 Å². The van der Waals surface area contributed by atoms with E-state index >= 15 is 0 Å². The van der Waals surface area contributed by atoms with Gasteiger partial charge in [-0.05, 0) is 40.5 Å². The zero-order valence-electron chi connectivity index (χ0n) is 10.6. The molecule has 2 aromatic rings. The molecule has 0 atom stereocenters. The molecule has 0 fully saturated rings. The van der Waals surface area contributed by atoms with Crippen LogP contribution in [-0.2, 0) is 13.5 Å². The van der Waals surface area contributed by atoms with Crippen LogP contribution in [-0.4, -0.2) is 20.8 Å². The summed E-state index contributed by atoms with van der Waals surface area (Å²) in [5.74, 6) is -0.236. The van der Waals surface area contributed by atoms with Gasteiger partial charge in [0, 0.05) is 18.8 Å². The van der Waals surface area contributed by atoms with E-state index in [2.05, 4.69) is 26.3 Å². The smallest absolute Gasteiger partial charge is 0.255 e. The van der Waals surface area contributed by atoms with Gasteiger partial charge in [0.1, 0.15) is 5.75 Å². The average Bonchev–Trinajstić information content (AvgIpc) is 2.72. The maximum Gasteiger partial charge on any atom is 0.255 e. The molecule has 1 aromatic carbocycles. The van der Waals surface area contributed by atoms with Crippen LogP contribution in [0.2, 0.25) is 0 Å². The first-order chi connectivity index (χ1) is 9.01. The standard InChI is InChI=1S/C13H14BrN3O2/c1-3-10-11(7-17(2)16-10)15-13(19)8-4-5-9(14)12(18)6-8/h4-7,18H,3H2,1-2H3,(H,15,19). The highest BCUT2D eigenvalue weighted by Crippen LogP contribution is 2.25. The molecule has 0 spiro atoms. The fourth-order valence-electron chi connectivity index (χ4n) is 1.75. The van der Waals surface area contributed by atoms with Crippen molar-refractivity contribution in [2.75, 3.05) is 5.32 Å². The highest BCUT2D eigenvalue weighted by molar-refractivity contribution is 9.10. The number of benzene rings is 1. The zero-order valence-corrected chi connectivity index (χ0v) is 12.2. The average molecular weight is 324 g/mol. The van der Waals surface area contributed by atoms with Crippen LogP contribution in [0.1, 0.15) is 23.0 Å². The number of rotatable bonds is 3. The van der Waals surface area contributed by atoms with Gasteiger partial charge >= 0.3 is 0 Å². The minimum atomic E-state index is -0.273. The van der Waals surface area contributed by atoms with Crippen molar-refractivity contribution < 1.29 is 9.90 Å². The number of phenolic OH excluding ortho intramolecular Hbond substituents is 1. The van der Waals surface area contributed by atoms with Crippen LogP contribution in [0.4, 0.5) is 5.69 Å². The van der Waals surface area contributed by atoms with E-state index in [0.29, 0.717) is 15.7 Å². The first kappa shape index (κ1) is 13.6. The SMILES string of the molecule is CCc1nn(C)cc1NC(=O)c1ccc(Br)c(O)c1. The maximum absolute atomic E-state index is 12.1. The summed E-state index contributed by atoms with van der Waals surface area (Å²) in [5.41, 5.74) is 1.92. The first-order valence-electron chi connectivity index (χ1n) is 5.83. The second kappa shape index (κ2) is 5.44. The molecule has 0 aliphatic carbocycles. The fraction of sp³-hybridized carbons (Fsp3) is 0.231. The minimum absolute atomic E-state index is 0.0366. The van der Waals surface area contributed by atoms with Gasteiger partial charge in [-0.1, -0.05) is 6.92 Å². The Morgan fingerprint density at radius 2 is 2.26 bits per heavy atom. The van der Waals surface area contributed by atoms with Crippen LogP contribution >= 0.6 is 15.9 Å². The number of amides is 1. The van der Waals surface area contributed by atoms with Crippen molar-refractivity contribution in [3.05, 3.63) is 40.1 Å². The lowest BCUT2D eigenvalue weighted by Gasteiger charge is -2.05. The van der Waals surface area contributed by atoms with Crippen molar-refractivity contribution in [1.29, 1.82) is 0 Å². The minimum Gasteiger partial charge on any atom is -0.507 e. The Bertz CT molecular complexity index is 622. The summed E-state index contributed by atoms with van der Waals surface area (Å²) in [5, 5.41) is 16.6. The summed E-state index contributed by atoms with van der Waals surface area (Å²) in [6.45, 7) is 1.98. The van der Waals surface area contributed by atoms with Crippen molar-refractivity contribution in [2.45, 2.75) is 13.3 Å². The van der Waals surface area contributed by atoms with Crippen LogP contribution in [0.5, 0.6) is 5.75 Å². The number of nitrogens with zero attached hydrogens (tertiary/aromatic N) is 2. The molecular formula is C13H14BrN3O2. The van der Waals surface area contributed by atoms with Crippen LogP contribution in [0.3, 0.4) is 0 Å². The second-order valence-corrected chi connectivity index (χ2v) is 4.99. The quantitative estimate of drug-likeness (QED) is 0.912. The summed E-state index contributed by atoms with van der Waals surface area (Å²) in [6, 6.07) is 4.69. The van der Waals surface area contributed by atoms with Gasteiger partial charge in [-0.25, -0.2) is 0 Å². The van der Waals surface area contributed by atoms with Gasteiger partial charge in [0.2, 0.25) is 0 Å². The van der Waals surface area contributed by atoms with Crippen molar-refractivity contribution in [3.8, 4) is 5.75 Å². The molecule has 0 aliphatic rings. The molecule has 0 bridgehead atoms. The normalized spacial score (nSPS) is 10.5. The monoisotopic (exact) mass is 323 g/mol. The predicted octanol–water partition coefficient (Wildman–Crippen LogP) is 2.70. The summed E-state index contributed by atoms with van der Waals surface area (Å²) in [7, 11) is 1.81. The third kappa shape index (κ3) is 2.96. The third-order valence-electron chi connectivity index (χ3n) is 2.70. The number of carbonyl (C=O) groups excluding carboxylic acids is 1. The lowest BCUT2D eigenvalue weighted by molar-refractivity contribution is 0.102. The van der Waals surface area contributed by atoms with Gasteiger partial charge in [-0.3, -0.25) is 9.48 Å². The van der Waals surface area contributed by atoms with Crippen molar-refractivity contribution in [1.82, 2.24) is 9.78 Å². The van der Waals surface area contributed by atoms with Crippen LogP contribution in [0, 0.1) is 0 Å². The van der Waals surface area contributed by atoms with Gasteiger partial charge in [-0.15, -0.1) is 0 Å². The zero-order chi connectivity index (χ0) is 14.0. The molecule has 1 aromatic heterocycles. The summed E-state index contributed by atoms with van der Waals surface area (Å²) >= 11 is 3.18. The molecule has 2 N–H and O–H groups in total. The number of nitrogens with one attached hydrogen (secondary N) is 1. The lowest BCUT2D eigenvalue weighted by atomic mass is 10.2. The number of hydrogen-bond acceptors (Lipinski definition) is 3. The van der Waals surface area contributed by atoms with Gasteiger partial charge in [-0.2, -0.15) is 5.10 Å². The van der Waals surface area contributed by atoms with Gasteiger partial charge in [0.15, 0.2) is 0 Å². The number of phenols is 1. The molecule has 6 heteroatoms.